The molecule has 0 aliphatic carbocycles. The molecule has 76 valence electrons. The lowest BCUT2D eigenvalue weighted by Crippen LogP contribution is -2.08. The number of anilines is 1. The third-order valence-corrected chi connectivity index (χ3v) is 2.57. The Bertz CT molecular complexity index is 336. The highest BCUT2D eigenvalue weighted by Gasteiger charge is 2.03. The van der Waals surface area contributed by atoms with Gasteiger partial charge in [0.15, 0.2) is 0 Å². The number of amides is 1. The number of hydrogen-bond acceptors (Lipinski definition) is 1. The molecule has 0 spiro atoms. The van der Waals surface area contributed by atoms with Gasteiger partial charge in [0.05, 0.1) is 0 Å². The molecule has 0 bridgehead atoms. The molecule has 0 unspecified atom stereocenters. The van der Waals surface area contributed by atoms with Gasteiger partial charge in [0.1, 0.15) is 0 Å². The molecule has 1 amide bonds. The van der Waals surface area contributed by atoms with Gasteiger partial charge >= 0.3 is 0 Å². The molecule has 0 saturated heterocycles. The second-order valence-corrected chi connectivity index (χ2v) is 4.48. The van der Waals surface area contributed by atoms with Crippen molar-refractivity contribution in [2.24, 2.45) is 0 Å². The van der Waals surface area contributed by atoms with Gasteiger partial charge in [-0.1, -0.05) is 13.3 Å². The van der Waals surface area contributed by atoms with Crippen LogP contribution in [0.4, 0.5) is 5.69 Å². The number of nitrogens with one attached hydrogen (secondary N) is 1. The molecule has 1 aromatic carbocycles. The summed E-state index contributed by atoms with van der Waals surface area (Å²) in [6.45, 7) is 3.67. The second kappa shape index (κ2) is 5.34. The van der Waals surface area contributed by atoms with Crippen LogP contribution in [0.2, 0.25) is 0 Å². The molecule has 2 nitrogen and oxygen atoms in total. The topological polar surface area (TPSA) is 29.1 Å². The number of hydrogen-bond donors (Lipinski definition) is 1. The second-order valence-electron chi connectivity index (χ2n) is 3.23. The number of halogens is 1. The minimum absolute atomic E-state index is 0.0106. The Morgan fingerprint density at radius 1 is 1.50 bits per heavy atom. The summed E-state index contributed by atoms with van der Waals surface area (Å²) < 4.78 is 1.21. The molecule has 0 aromatic heterocycles. The molecule has 1 aromatic rings. The zero-order valence-electron chi connectivity index (χ0n) is 8.43. The molecule has 0 saturated carbocycles. The van der Waals surface area contributed by atoms with Crippen LogP contribution in [0.3, 0.4) is 0 Å². The molecule has 0 radical (unpaired) electrons. The third-order valence-electron chi connectivity index (χ3n) is 1.90. The first kappa shape index (κ1) is 11.5. The van der Waals surface area contributed by atoms with Crippen molar-refractivity contribution < 1.29 is 4.79 Å². The largest absolute Gasteiger partial charge is 0.326 e. The molecule has 0 atom stereocenters. The van der Waals surface area contributed by atoms with Crippen LogP contribution in [-0.4, -0.2) is 5.91 Å². The smallest absolute Gasteiger partial charge is 0.221 e. The highest BCUT2D eigenvalue weighted by molar-refractivity contribution is 14.1. The molecule has 0 aliphatic heterocycles. The highest BCUT2D eigenvalue weighted by Crippen LogP contribution is 2.20. The summed E-state index contributed by atoms with van der Waals surface area (Å²) in [6, 6.07) is 6.09. The molecule has 0 fully saturated rings. The van der Waals surface area contributed by atoms with Gasteiger partial charge in [-0.25, -0.2) is 0 Å². The van der Waals surface area contributed by atoms with E-state index in [2.05, 4.69) is 40.9 Å². The monoisotopic (exact) mass is 303 g/mol. The lowest BCUT2D eigenvalue weighted by molar-refractivity contribution is -0.114. The lowest BCUT2D eigenvalue weighted by Gasteiger charge is -2.09. The Labute approximate surface area is 98.2 Å². The van der Waals surface area contributed by atoms with Crippen LogP contribution >= 0.6 is 22.6 Å². The zero-order valence-corrected chi connectivity index (χ0v) is 10.6. The summed E-state index contributed by atoms with van der Waals surface area (Å²) in [5.41, 5.74) is 2.16. The summed E-state index contributed by atoms with van der Waals surface area (Å²) in [4.78, 5) is 10.9. The maximum Gasteiger partial charge on any atom is 0.221 e. The molecule has 14 heavy (non-hydrogen) atoms. The molecular weight excluding hydrogens is 289 g/mol. The standard InChI is InChI=1S/C11H14INO/c1-3-4-9-7-10(12)5-6-11(9)13-8(2)14/h5-7H,3-4H2,1-2H3,(H,13,14). The van der Waals surface area contributed by atoms with Crippen molar-refractivity contribution in [1.82, 2.24) is 0 Å². The van der Waals surface area contributed by atoms with Gasteiger partial charge in [-0.3, -0.25) is 4.79 Å². The fourth-order valence-corrected chi connectivity index (χ4v) is 1.91. The Kier molecular flexibility index (Phi) is 4.38. The van der Waals surface area contributed by atoms with Crippen LogP contribution in [0.1, 0.15) is 25.8 Å². The molecule has 1 N–H and O–H groups in total. The van der Waals surface area contributed by atoms with E-state index in [9.17, 15) is 4.79 Å². The minimum Gasteiger partial charge on any atom is -0.326 e. The number of carbonyl (C=O) groups is 1. The SMILES string of the molecule is CCCc1cc(I)ccc1NC(C)=O. The van der Waals surface area contributed by atoms with Gasteiger partial charge in [-0.05, 0) is 52.8 Å². The summed E-state index contributed by atoms with van der Waals surface area (Å²) in [7, 11) is 0. The molecule has 3 heteroatoms. The molecule has 1 rings (SSSR count). The van der Waals surface area contributed by atoms with Gasteiger partial charge < -0.3 is 5.32 Å². The number of aryl methyl sites for hydroxylation is 1. The van der Waals surface area contributed by atoms with Gasteiger partial charge in [-0.2, -0.15) is 0 Å². The van der Waals surface area contributed by atoms with Gasteiger partial charge in [0.25, 0.3) is 0 Å². The normalized spacial score (nSPS) is 9.93. The summed E-state index contributed by atoms with van der Waals surface area (Å²) >= 11 is 2.28. The fourth-order valence-electron chi connectivity index (χ4n) is 1.35. The van der Waals surface area contributed by atoms with Crippen LogP contribution in [-0.2, 0) is 11.2 Å². The van der Waals surface area contributed by atoms with Gasteiger partial charge in [0, 0.05) is 16.2 Å². The van der Waals surface area contributed by atoms with E-state index in [1.807, 2.05) is 12.1 Å². The Morgan fingerprint density at radius 2 is 2.21 bits per heavy atom. The van der Waals surface area contributed by atoms with Crippen molar-refractivity contribution in [3.63, 3.8) is 0 Å². The van der Waals surface area contributed by atoms with E-state index >= 15 is 0 Å². The average molecular weight is 303 g/mol. The van der Waals surface area contributed by atoms with E-state index in [1.54, 1.807) is 0 Å². The number of benzene rings is 1. The van der Waals surface area contributed by atoms with Crippen molar-refractivity contribution in [3.05, 3.63) is 27.3 Å². The Morgan fingerprint density at radius 3 is 2.79 bits per heavy atom. The van der Waals surface area contributed by atoms with Crippen molar-refractivity contribution in [1.29, 1.82) is 0 Å². The average Bonchev–Trinajstić information content (AvgIpc) is 2.09. The van der Waals surface area contributed by atoms with E-state index in [4.69, 9.17) is 0 Å². The molecule has 0 heterocycles. The van der Waals surface area contributed by atoms with Crippen molar-refractivity contribution in [3.8, 4) is 0 Å². The zero-order chi connectivity index (χ0) is 10.6. The van der Waals surface area contributed by atoms with E-state index < -0.39 is 0 Å². The summed E-state index contributed by atoms with van der Waals surface area (Å²) in [5, 5.41) is 2.84. The summed E-state index contributed by atoms with van der Waals surface area (Å²) in [5.74, 6) is -0.0106. The quantitative estimate of drug-likeness (QED) is 0.854. The van der Waals surface area contributed by atoms with Crippen LogP contribution < -0.4 is 5.32 Å². The number of carbonyl (C=O) groups excluding carboxylic acids is 1. The lowest BCUT2D eigenvalue weighted by atomic mass is 10.1. The first-order valence-electron chi connectivity index (χ1n) is 4.69. The Hall–Kier alpha value is -0.580. The molecule has 0 aliphatic rings. The fraction of sp³-hybridized carbons (Fsp3) is 0.364. The maximum atomic E-state index is 10.9. The van der Waals surface area contributed by atoms with Crippen LogP contribution in [0.15, 0.2) is 18.2 Å². The third kappa shape index (κ3) is 3.29. The maximum absolute atomic E-state index is 10.9. The van der Waals surface area contributed by atoms with Crippen LogP contribution in [0, 0.1) is 3.57 Å². The van der Waals surface area contributed by atoms with E-state index in [1.165, 1.54) is 16.1 Å². The van der Waals surface area contributed by atoms with Crippen molar-refractivity contribution >= 4 is 34.2 Å². The van der Waals surface area contributed by atoms with E-state index in [0.29, 0.717) is 0 Å². The highest BCUT2D eigenvalue weighted by atomic mass is 127. The van der Waals surface area contributed by atoms with E-state index in [0.717, 1.165) is 18.5 Å². The first-order valence-corrected chi connectivity index (χ1v) is 5.77. The predicted molar refractivity (Wildman–Crippen MR) is 67.5 cm³/mol. The van der Waals surface area contributed by atoms with Crippen molar-refractivity contribution in [2.45, 2.75) is 26.7 Å². The number of rotatable bonds is 3. The van der Waals surface area contributed by atoms with Crippen LogP contribution in [0.5, 0.6) is 0 Å². The van der Waals surface area contributed by atoms with Gasteiger partial charge in [-0.15, -0.1) is 0 Å². The molecular formula is C11H14INO. The van der Waals surface area contributed by atoms with Crippen LogP contribution in [0.25, 0.3) is 0 Å². The first-order chi connectivity index (χ1) is 6.63. The van der Waals surface area contributed by atoms with Crippen molar-refractivity contribution in [2.75, 3.05) is 5.32 Å². The van der Waals surface area contributed by atoms with E-state index in [-0.39, 0.29) is 5.91 Å². The summed E-state index contributed by atoms with van der Waals surface area (Å²) in [6.07, 6.45) is 2.10. The van der Waals surface area contributed by atoms with Gasteiger partial charge in [0.2, 0.25) is 5.91 Å². The minimum atomic E-state index is -0.0106. The predicted octanol–water partition coefficient (Wildman–Crippen LogP) is 3.20. The Balaban J connectivity index is 2.95.